The molecule has 2 amide bonds. The number of amides is 2. The molecule has 1 aliphatic heterocycles. The van der Waals surface area contributed by atoms with Crippen LogP contribution in [0.3, 0.4) is 0 Å². The van der Waals surface area contributed by atoms with Crippen molar-refractivity contribution in [1.29, 1.82) is 0 Å². The molecule has 0 aliphatic carbocycles. The van der Waals surface area contributed by atoms with E-state index in [0.29, 0.717) is 37.8 Å². The molecule has 1 aromatic rings. The summed E-state index contributed by atoms with van der Waals surface area (Å²) in [6.45, 7) is 13.2. The molecule has 0 unspecified atom stereocenters. The number of likely N-dealkylation sites (N-methyl/N-ethyl adjacent to an activating group) is 1. The van der Waals surface area contributed by atoms with E-state index in [0.717, 1.165) is 16.8 Å². The summed E-state index contributed by atoms with van der Waals surface area (Å²) >= 11 is 5.48. The number of piperazine rings is 1. The maximum atomic E-state index is 12.7. The lowest BCUT2D eigenvalue weighted by Gasteiger charge is -2.35. The van der Waals surface area contributed by atoms with E-state index in [1.54, 1.807) is 4.90 Å². The minimum atomic E-state index is -0.233. The summed E-state index contributed by atoms with van der Waals surface area (Å²) in [4.78, 5) is 30.5. The summed E-state index contributed by atoms with van der Waals surface area (Å²) in [6, 6.07) is 6.15. The number of thiocarbonyl (C=S) groups is 1. The molecule has 0 saturated carbocycles. The molecule has 0 bridgehead atoms. The Hall–Kier alpha value is -2.19. The normalized spacial score (nSPS) is 14.9. The van der Waals surface area contributed by atoms with Gasteiger partial charge in [0.2, 0.25) is 11.8 Å². The van der Waals surface area contributed by atoms with E-state index in [9.17, 15) is 9.59 Å². The molecule has 1 saturated heterocycles. The Morgan fingerprint density at radius 1 is 1.13 bits per heavy atom. The second-order valence-electron chi connectivity index (χ2n) is 9.06. The third-order valence-corrected chi connectivity index (χ3v) is 5.37. The number of hydrogen-bond acceptors (Lipinski definition) is 4. The van der Waals surface area contributed by atoms with Gasteiger partial charge in [0.1, 0.15) is 0 Å². The number of nitrogens with one attached hydrogen (secondary N) is 2. The van der Waals surface area contributed by atoms with E-state index in [1.807, 2.05) is 58.7 Å². The van der Waals surface area contributed by atoms with Gasteiger partial charge >= 0.3 is 0 Å². The van der Waals surface area contributed by atoms with Crippen molar-refractivity contribution in [2.45, 2.75) is 40.2 Å². The van der Waals surface area contributed by atoms with Crippen molar-refractivity contribution in [3.63, 3.8) is 0 Å². The quantitative estimate of drug-likeness (QED) is 0.693. The molecule has 1 aromatic carbocycles. The van der Waals surface area contributed by atoms with E-state index < -0.39 is 0 Å². The van der Waals surface area contributed by atoms with Crippen LogP contribution in [0.25, 0.3) is 0 Å². The highest BCUT2D eigenvalue weighted by molar-refractivity contribution is 7.80. The fourth-order valence-corrected chi connectivity index (χ4v) is 3.45. The first-order chi connectivity index (χ1) is 13.9. The number of anilines is 1. The summed E-state index contributed by atoms with van der Waals surface area (Å²) < 4.78 is 0. The zero-order valence-electron chi connectivity index (χ0n) is 19.0. The van der Waals surface area contributed by atoms with Crippen LogP contribution in [0.15, 0.2) is 18.2 Å². The van der Waals surface area contributed by atoms with E-state index in [4.69, 9.17) is 12.2 Å². The van der Waals surface area contributed by atoms with Gasteiger partial charge in [-0.3, -0.25) is 14.5 Å². The SMILES string of the molecule is Cc1ccc(C)c(NC(=S)N(C)CC(=O)N2CCN(CC(=O)NC(C)(C)C)CC2)c1. The molecule has 0 atom stereocenters. The minimum absolute atomic E-state index is 0.0184. The lowest BCUT2D eigenvalue weighted by Crippen LogP contribution is -2.54. The summed E-state index contributed by atoms with van der Waals surface area (Å²) in [5, 5.41) is 6.74. The van der Waals surface area contributed by atoms with Crippen molar-refractivity contribution in [2.75, 3.05) is 51.6 Å². The minimum Gasteiger partial charge on any atom is -0.350 e. The van der Waals surface area contributed by atoms with Gasteiger partial charge in [-0.25, -0.2) is 0 Å². The maximum absolute atomic E-state index is 12.7. The first kappa shape index (κ1) is 24.1. The van der Waals surface area contributed by atoms with Crippen molar-refractivity contribution < 1.29 is 9.59 Å². The average Bonchev–Trinajstić information content (AvgIpc) is 2.63. The van der Waals surface area contributed by atoms with Crippen molar-refractivity contribution in [3.05, 3.63) is 29.3 Å². The standard InChI is InChI=1S/C22H35N5O2S/c1-16-7-8-17(2)18(13-16)23-21(30)25(6)15-20(29)27-11-9-26(10-12-27)14-19(28)24-22(3,4)5/h7-8,13H,9-12,14-15H2,1-6H3,(H,23,30)(H,24,28). The Morgan fingerprint density at radius 3 is 2.37 bits per heavy atom. The van der Waals surface area contributed by atoms with Crippen molar-refractivity contribution in [3.8, 4) is 0 Å². The molecule has 0 aromatic heterocycles. The second-order valence-corrected chi connectivity index (χ2v) is 9.45. The first-order valence-electron chi connectivity index (χ1n) is 10.3. The lowest BCUT2D eigenvalue weighted by molar-refractivity contribution is -0.133. The van der Waals surface area contributed by atoms with Gasteiger partial charge in [-0.15, -0.1) is 0 Å². The Labute approximate surface area is 185 Å². The Bertz CT molecular complexity index is 782. The van der Waals surface area contributed by atoms with E-state index in [-0.39, 0.29) is 23.9 Å². The molecule has 2 rings (SSSR count). The molecular weight excluding hydrogens is 398 g/mol. The number of nitrogens with zero attached hydrogens (tertiary/aromatic N) is 3. The van der Waals surface area contributed by atoms with Gasteiger partial charge in [-0.05, 0) is 64.0 Å². The molecule has 166 valence electrons. The van der Waals surface area contributed by atoms with Gasteiger partial charge in [0, 0.05) is 44.5 Å². The van der Waals surface area contributed by atoms with Crippen LogP contribution in [0.5, 0.6) is 0 Å². The predicted molar refractivity (Wildman–Crippen MR) is 126 cm³/mol. The average molecular weight is 434 g/mol. The van der Waals surface area contributed by atoms with Crippen LogP contribution in [0.1, 0.15) is 31.9 Å². The van der Waals surface area contributed by atoms with E-state index in [1.165, 1.54) is 0 Å². The van der Waals surface area contributed by atoms with Crippen LogP contribution >= 0.6 is 12.2 Å². The Kier molecular flexibility index (Phi) is 8.20. The summed E-state index contributed by atoms with van der Waals surface area (Å²) in [5.74, 6) is 0.0614. The van der Waals surface area contributed by atoms with Crippen LogP contribution in [-0.4, -0.2) is 83.5 Å². The van der Waals surface area contributed by atoms with Crippen molar-refractivity contribution in [2.24, 2.45) is 0 Å². The topological polar surface area (TPSA) is 67.9 Å². The molecule has 2 N–H and O–H groups in total. The molecule has 0 radical (unpaired) electrons. The van der Waals surface area contributed by atoms with Gasteiger partial charge < -0.3 is 20.4 Å². The summed E-state index contributed by atoms with van der Waals surface area (Å²) in [5.41, 5.74) is 2.98. The fourth-order valence-electron chi connectivity index (χ4n) is 3.27. The van der Waals surface area contributed by atoms with Gasteiger partial charge in [0.15, 0.2) is 5.11 Å². The lowest BCUT2D eigenvalue weighted by atomic mass is 10.1. The maximum Gasteiger partial charge on any atom is 0.242 e. The molecule has 30 heavy (non-hydrogen) atoms. The molecule has 7 nitrogen and oxygen atoms in total. The smallest absolute Gasteiger partial charge is 0.242 e. The monoisotopic (exact) mass is 433 g/mol. The van der Waals surface area contributed by atoms with Gasteiger partial charge in [0.05, 0.1) is 13.1 Å². The van der Waals surface area contributed by atoms with Crippen LogP contribution in [0.2, 0.25) is 0 Å². The third kappa shape index (κ3) is 7.57. The first-order valence-corrected chi connectivity index (χ1v) is 10.8. The summed E-state index contributed by atoms with van der Waals surface area (Å²) in [7, 11) is 1.82. The van der Waals surface area contributed by atoms with Gasteiger partial charge in [-0.1, -0.05) is 12.1 Å². The highest BCUT2D eigenvalue weighted by Gasteiger charge is 2.24. The highest BCUT2D eigenvalue weighted by atomic mass is 32.1. The number of hydrogen-bond donors (Lipinski definition) is 2. The number of carbonyl (C=O) groups excluding carboxylic acids is 2. The van der Waals surface area contributed by atoms with Crippen LogP contribution < -0.4 is 10.6 Å². The Balaban J connectivity index is 1.79. The van der Waals surface area contributed by atoms with Crippen LogP contribution in [0, 0.1) is 13.8 Å². The molecule has 8 heteroatoms. The molecule has 1 aliphatic rings. The molecule has 0 spiro atoms. The zero-order valence-corrected chi connectivity index (χ0v) is 19.9. The number of rotatable bonds is 5. The molecule has 1 fully saturated rings. The second kappa shape index (κ2) is 10.2. The van der Waals surface area contributed by atoms with Crippen molar-refractivity contribution in [1.82, 2.24) is 20.0 Å². The van der Waals surface area contributed by atoms with Crippen molar-refractivity contribution >= 4 is 34.8 Å². The van der Waals surface area contributed by atoms with Crippen LogP contribution in [0.4, 0.5) is 5.69 Å². The Morgan fingerprint density at radius 2 is 1.77 bits per heavy atom. The largest absolute Gasteiger partial charge is 0.350 e. The fraction of sp³-hybridized carbons (Fsp3) is 0.591. The third-order valence-electron chi connectivity index (χ3n) is 4.96. The molecule has 1 heterocycles. The summed E-state index contributed by atoms with van der Waals surface area (Å²) in [6.07, 6.45) is 0. The van der Waals surface area contributed by atoms with Crippen LogP contribution in [-0.2, 0) is 9.59 Å². The number of aryl methyl sites for hydroxylation is 2. The zero-order chi connectivity index (χ0) is 22.5. The van der Waals surface area contributed by atoms with E-state index in [2.05, 4.69) is 21.6 Å². The van der Waals surface area contributed by atoms with E-state index >= 15 is 0 Å². The highest BCUT2D eigenvalue weighted by Crippen LogP contribution is 2.17. The molecular formula is C22H35N5O2S. The number of carbonyl (C=O) groups is 2. The van der Waals surface area contributed by atoms with Gasteiger partial charge in [-0.2, -0.15) is 0 Å². The predicted octanol–water partition coefficient (Wildman–Crippen LogP) is 1.99. The van der Waals surface area contributed by atoms with Gasteiger partial charge in [0.25, 0.3) is 0 Å². The number of benzene rings is 1.